The minimum atomic E-state index is -0.0364. The summed E-state index contributed by atoms with van der Waals surface area (Å²) in [6.07, 6.45) is 2.06. The first kappa shape index (κ1) is 12.2. The SMILES string of the molecule is O=C(Cc1noc2ccccc12)N1CCCC1CO. The van der Waals surface area contributed by atoms with E-state index in [1.54, 1.807) is 4.90 Å². The highest BCUT2D eigenvalue weighted by atomic mass is 16.5. The van der Waals surface area contributed by atoms with E-state index < -0.39 is 0 Å². The van der Waals surface area contributed by atoms with Crippen LogP contribution in [0.4, 0.5) is 0 Å². The van der Waals surface area contributed by atoms with Crippen LogP contribution in [0.1, 0.15) is 18.5 Å². The molecular formula is C14H16N2O3. The van der Waals surface area contributed by atoms with Gasteiger partial charge in [0.15, 0.2) is 5.58 Å². The molecule has 2 aromatic rings. The van der Waals surface area contributed by atoms with Gasteiger partial charge in [0.05, 0.1) is 19.1 Å². The van der Waals surface area contributed by atoms with E-state index in [-0.39, 0.29) is 25.0 Å². The highest BCUT2D eigenvalue weighted by Crippen LogP contribution is 2.21. The first-order valence-corrected chi connectivity index (χ1v) is 6.53. The molecule has 3 rings (SSSR count). The fourth-order valence-corrected chi connectivity index (χ4v) is 2.66. The third kappa shape index (κ3) is 2.21. The van der Waals surface area contributed by atoms with Gasteiger partial charge in [0.25, 0.3) is 0 Å². The Kier molecular flexibility index (Phi) is 3.21. The smallest absolute Gasteiger partial charge is 0.229 e. The number of aromatic nitrogens is 1. The summed E-state index contributed by atoms with van der Waals surface area (Å²) in [5.41, 5.74) is 1.37. The van der Waals surface area contributed by atoms with Gasteiger partial charge in [0, 0.05) is 11.9 Å². The van der Waals surface area contributed by atoms with Crippen LogP contribution in [0.25, 0.3) is 11.0 Å². The minimum Gasteiger partial charge on any atom is -0.394 e. The van der Waals surface area contributed by atoms with Crippen LogP contribution < -0.4 is 0 Å². The average Bonchev–Trinajstić information content (AvgIpc) is 3.05. The molecule has 1 amide bonds. The molecule has 0 aliphatic carbocycles. The van der Waals surface area contributed by atoms with Crippen LogP contribution in [0.2, 0.25) is 0 Å². The maximum absolute atomic E-state index is 12.3. The number of hydrogen-bond donors (Lipinski definition) is 1. The topological polar surface area (TPSA) is 66.6 Å². The second-order valence-electron chi connectivity index (χ2n) is 4.87. The summed E-state index contributed by atoms with van der Waals surface area (Å²) in [6, 6.07) is 7.48. The molecular weight excluding hydrogens is 244 g/mol. The maximum atomic E-state index is 12.3. The Labute approximate surface area is 110 Å². The Morgan fingerprint density at radius 1 is 1.47 bits per heavy atom. The van der Waals surface area contributed by atoms with Gasteiger partial charge >= 0.3 is 0 Å². The van der Waals surface area contributed by atoms with Crippen molar-refractivity contribution in [2.24, 2.45) is 0 Å². The van der Waals surface area contributed by atoms with Gasteiger partial charge in [-0.25, -0.2) is 0 Å². The van der Waals surface area contributed by atoms with E-state index in [0.717, 1.165) is 24.8 Å². The molecule has 1 saturated heterocycles. The fourth-order valence-electron chi connectivity index (χ4n) is 2.66. The lowest BCUT2D eigenvalue weighted by molar-refractivity contribution is -0.132. The molecule has 5 nitrogen and oxygen atoms in total. The zero-order valence-electron chi connectivity index (χ0n) is 10.6. The molecule has 100 valence electrons. The van der Waals surface area contributed by atoms with Gasteiger partial charge in [-0.3, -0.25) is 4.79 Å². The predicted molar refractivity (Wildman–Crippen MR) is 69.5 cm³/mol. The summed E-state index contributed by atoms with van der Waals surface area (Å²) in [4.78, 5) is 14.0. The second-order valence-corrected chi connectivity index (χ2v) is 4.87. The molecule has 0 radical (unpaired) electrons. The van der Waals surface area contributed by atoms with Gasteiger partial charge < -0.3 is 14.5 Å². The predicted octanol–water partition coefficient (Wildman–Crippen LogP) is 1.35. The highest BCUT2D eigenvalue weighted by molar-refractivity contribution is 5.86. The maximum Gasteiger partial charge on any atom is 0.229 e. The van der Waals surface area contributed by atoms with E-state index in [0.29, 0.717) is 11.3 Å². The zero-order chi connectivity index (χ0) is 13.2. The Morgan fingerprint density at radius 3 is 3.16 bits per heavy atom. The Morgan fingerprint density at radius 2 is 2.32 bits per heavy atom. The lowest BCUT2D eigenvalue weighted by atomic mass is 10.1. The zero-order valence-corrected chi connectivity index (χ0v) is 10.6. The molecule has 5 heteroatoms. The van der Waals surface area contributed by atoms with Gasteiger partial charge in [0.1, 0.15) is 5.69 Å². The van der Waals surface area contributed by atoms with Gasteiger partial charge in [-0.15, -0.1) is 0 Å². The monoisotopic (exact) mass is 260 g/mol. The lowest BCUT2D eigenvalue weighted by Gasteiger charge is -2.22. The van der Waals surface area contributed by atoms with Gasteiger partial charge in [-0.1, -0.05) is 17.3 Å². The number of aliphatic hydroxyl groups is 1. The van der Waals surface area contributed by atoms with Crippen LogP contribution in [-0.4, -0.2) is 40.3 Å². The largest absolute Gasteiger partial charge is 0.394 e. The fraction of sp³-hybridized carbons (Fsp3) is 0.429. The molecule has 0 bridgehead atoms. The van der Waals surface area contributed by atoms with E-state index in [4.69, 9.17) is 4.52 Å². The van der Waals surface area contributed by atoms with Crippen molar-refractivity contribution in [2.45, 2.75) is 25.3 Å². The minimum absolute atomic E-state index is 0.00982. The molecule has 19 heavy (non-hydrogen) atoms. The van der Waals surface area contributed by atoms with Crippen LogP contribution in [0, 0.1) is 0 Å². The summed E-state index contributed by atoms with van der Waals surface area (Å²) in [7, 11) is 0. The van der Waals surface area contributed by atoms with Crippen molar-refractivity contribution >= 4 is 16.9 Å². The third-order valence-electron chi connectivity index (χ3n) is 3.68. The number of hydrogen-bond acceptors (Lipinski definition) is 4. The van der Waals surface area contributed by atoms with Crippen molar-refractivity contribution in [1.82, 2.24) is 10.1 Å². The Bertz CT molecular complexity index is 593. The molecule has 2 heterocycles. The molecule has 1 aromatic carbocycles. The normalized spacial score (nSPS) is 19.2. The van der Waals surface area contributed by atoms with E-state index in [1.165, 1.54) is 0 Å². The molecule has 0 saturated carbocycles. The number of fused-ring (bicyclic) bond motifs is 1. The van der Waals surface area contributed by atoms with Crippen LogP contribution in [-0.2, 0) is 11.2 Å². The van der Waals surface area contributed by atoms with Crippen molar-refractivity contribution in [1.29, 1.82) is 0 Å². The van der Waals surface area contributed by atoms with Gasteiger partial charge in [0.2, 0.25) is 5.91 Å². The van der Waals surface area contributed by atoms with Crippen LogP contribution in [0.15, 0.2) is 28.8 Å². The quantitative estimate of drug-likeness (QED) is 0.904. The van der Waals surface area contributed by atoms with Crippen LogP contribution >= 0.6 is 0 Å². The number of benzene rings is 1. The lowest BCUT2D eigenvalue weighted by Crippen LogP contribution is -2.38. The number of nitrogens with zero attached hydrogens (tertiary/aromatic N) is 2. The van der Waals surface area contributed by atoms with E-state index in [2.05, 4.69) is 5.16 Å². The number of carbonyl (C=O) groups is 1. The Balaban J connectivity index is 1.79. The summed E-state index contributed by atoms with van der Waals surface area (Å²) in [5.74, 6) is 0.00982. The standard InChI is InChI=1S/C14H16N2O3/c17-9-10-4-3-7-16(10)14(18)8-12-11-5-1-2-6-13(11)19-15-12/h1-2,5-6,10,17H,3-4,7-9H2. The number of likely N-dealkylation sites (tertiary alicyclic amines) is 1. The molecule has 1 aliphatic rings. The van der Waals surface area contributed by atoms with Crippen LogP contribution in [0.3, 0.4) is 0 Å². The van der Waals surface area contributed by atoms with Gasteiger partial charge in [-0.2, -0.15) is 0 Å². The first-order valence-electron chi connectivity index (χ1n) is 6.53. The third-order valence-corrected chi connectivity index (χ3v) is 3.68. The van der Waals surface area contributed by atoms with E-state index >= 15 is 0 Å². The summed E-state index contributed by atoms with van der Waals surface area (Å²) in [5, 5.41) is 14.1. The van der Waals surface area contributed by atoms with Crippen LogP contribution in [0.5, 0.6) is 0 Å². The Hall–Kier alpha value is -1.88. The number of para-hydroxylation sites is 1. The molecule has 1 unspecified atom stereocenters. The second kappa shape index (κ2) is 5.01. The van der Waals surface area contributed by atoms with Crippen molar-refractivity contribution in [3.8, 4) is 0 Å². The number of carbonyl (C=O) groups excluding carboxylic acids is 1. The molecule has 1 fully saturated rings. The number of rotatable bonds is 3. The highest BCUT2D eigenvalue weighted by Gasteiger charge is 2.28. The van der Waals surface area contributed by atoms with Crippen molar-refractivity contribution in [3.63, 3.8) is 0 Å². The summed E-state index contributed by atoms with van der Waals surface area (Å²) in [6.45, 7) is 0.755. The average molecular weight is 260 g/mol. The number of aliphatic hydroxyl groups excluding tert-OH is 1. The van der Waals surface area contributed by atoms with Crippen molar-refractivity contribution in [3.05, 3.63) is 30.0 Å². The molecule has 1 aromatic heterocycles. The van der Waals surface area contributed by atoms with Crippen molar-refractivity contribution < 1.29 is 14.4 Å². The summed E-state index contributed by atoms with van der Waals surface area (Å²) < 4.78 is 5.20. The molecule has 1 aliphatic heterocycles. The van der Waals surface area contributed by atoms with E-state index in [9.17, 15) is 9.90 Å². The molecule has 1 N–H and O–H groups in total. The number of amides is 1. The molecule has 0 spiro atoms. The summed E-state index contributed by atoms with van der Waals surface area (Å²) >= 11 is 0. The van der Waals surface area contributed by atoms with Gasteiger partial charge in [-0.05, 0) is 25.0 Å². The van der Waals surface area contributed by atoms with Crippen molar-refractivity contribution in [2.75, 3.05) is 13.2 Å². The molecule has 1 atom stereocenters. The first-order chi connectivity index (χ1) is 9.29. The van der Waals surface area contributed by atoms with E-state index in [1.807, 2.05) is 24.3 Å².